The van der Waals surface area contributed by atoms with E-state index in [0.29, 0.717) is 0 Å². The number of ether oxygens (including phenoxy) is 1. The number of benzene rings is 1. The zero-order valence-electron chi connectivity index (χ0n) is 16.0. The van der Waals surface area contributed by atoms with E-state index in [1.807, 2.05) is 19.2 Å². The molecular formula is C22H23N5O. The molecule has 142 valence electrons. The third-order valence-corrected chi connectivity index (χ3v) is 6.37. The third-order valence-electron chi connectivity index (χ3n) is 6.37. The molecule has 0 amide bonds. The summed E-state index contributed by atoms with van der Waals surface area (Å²) in [5.74, 6) is 1.82. The first-order valence-electron chi connectivity index (χ1n) is 10.0. The second kappa shape index (κ2) is 5.82. The van der Waals surface area contributed by atoms with Gasteiger partial charge in [0, 0.05) is 30.2 Å². The number of nitrogens with one attached hydrogen (secondary N) is 2. The smallest absolute Gasteiger partial charge is 0.156 e. The Kier molecular flexibility index (Phi) is 3.35. The lowest BCUT2D eigenvalue weighted by Crippen LogP contribution is -2.47. The molecule has 0 bridgehead atoms. The lowest BCUT2D eigenvalue weighted by Gasteiger charge is -2.44. The van der Waals surface area contributed by atoms with Gasteiger partial charge < -0.3 is 19.6 Å². The molecular weight excluding hydrogens is 350 g/mol. The van der Waals surface area contributed by atoms with E-state index in [0.717, 1.165) is 61.6 Å². The summed E-state index contributed by atoms with van der Waals surface area (Å²) in [5.41, 5.74) is 5.76. The van der Waals surface area contributed by atoms with Crippen molar-refractivity contribution in [3.8, 4) is 0 Å². The number of fused-ring (bicyclic) bond motifs is 5. The van der Waals surface area contributed by atoms with Crippen molar-refractivity contribution in [3.63, 3.8) is 0 Å². The molecule has 1 saturated heterocycles. The van der Waals surface area contributed by atoms with Crippen LogP contribution in [0.4, 0.5) is 5.82 Å². The molecule has 5 heterocycles. The van der Waals surface area contributed by atoms with Gasteiger partial charge in [0.25, 0.3) is 0 Å². The fourth-order valence-corrected chi connectivity index (χ4v) is 5.01. The van der Waals surface area contributed by atoms with Crippen LogP contribution in [0.15, 0.2) is 36.5 Å². The van der Waals surface area contributed by atoms with Crippen LogP contribution in [-0.2, 0) is 16.8 Å². The summed E-state index contributed by atoms with van der Waals surface area (Å²) in [4.78, 5) is 18.7. The van der Waals surface area contributed by atoms with Gasteiger partial charge in [0.05, 0.1) is 17.8 Å². The number of aromatic amines is 2. The minimum absolute atomic E-state index is 0.208. The molecule has 28 heavy (non-hydrogen) atoms. The van der Waals surface area contributed by atoms with E-state index in [1.54, 1.807) is 0 Å². The van der Waals surface area contributed by atoms with Gasteiger partial charge in [-0.25, -0.2) is 9.97 Å². The molecule has 3 aromatic heterocycles. The molecule has 6 heteroatoms. The Labute approximate surface area is 162 Å². The number of H-pyrrole nitrogens is 2. The number of aromatic nitrogens is 4. The standard InChI is InChI=1S/C22H23N5O/c1-14-24-18-6-10-23-19(18)21(25-14)27-11-8-22(9-12-27)20-16(7-13-28-22)15-4-2-3-5-17(15)26-20/h2-6,10,23,26H,7-9,11-13H2,1H3. The summed E-state index contributed by atoms with van der Waals surface area (Å²) in [7, 11) is 0. The van der Waals surface area contributed by atoms with Crippen LogP contribution in [0.25, 0.3) is 21.9 Å². The maximum absolute atomic E-state index is 6.44. The Morgan fingerprint density at radius 2 is 1.96 bits per heavy atom. The molecule has 0 aliphatic carbocycles. The molecule has 0 unspecified atom stereocenters. The van der Waals surface area contributed by atoms with E-state index >= 15 is 0 Å². The van der Waals surface area contributed by atoms with E-state index in [1.165, 1.54) is 22.2 Å². The van der Waals surface area contributed by atoms with Crippen LogP contribution < -0.4 is 4.90 Å². The van der Waals surface area contributed by atoms with Crippen LogP contribution in [-0.4, -0.2) is 39.6 Å². The predicted octanol–water partition coefficient (Wildman–Crippen LogP) is 3.82. The Bertz CT molecular complexity index is 1180. The van der Waals surface area contributed by atoms with Crippen molar-refractivity contribution in [2.24, 2.45) is 0 Å². The third kappa shape index (κ3) is 2.24. The van der Waals surface area contributed by atoms with Crippen LogP contribution in [0, 0.1) is 6.92 Å². The topological polar surface area (TPSA) is 69.8 Å². The Morgan fingerprint density at radius 3 is 2.86 bits per heavy atom. The second-order valence-electron chi connectivity index (χ2n) is 7.94. The monoisotopic (exact) mass is 373 g/mol. The van der Waals surface area contributed by atoms with Crippen molar-refractivity contribution < 1.29 is 4.74 Å². The molecule has 4 aromatic rings. The summed E-state index contributed by atoms with van der Waals surface area (Å²) in [6.45, 7) is 4.59. The number of hydrogen-bond donors (Lipinski definition) is 2. The van der Waals surface area contributed by atoms with Gasteiger partial charge in [-0.2, -0.15) is 0 Å². The first-order chi connectivity index (χ1) is 13.7. The lowest BCUT2D eigenvalue weighted by atomic mass is 9.83. The van der Waals surface area contributed by atoms with Crippen molar-refractivity contribution >= 4 is 27.8 Å². The zero-order chi connectivity index (χ0) is 18.7. The Morgan fingerprint density at radius 1 is 1.11 bits per heavy atom. The van der Waals surface area contributed by atoms with E-state index in [2.05, 4.69) is 44.1 Å². The van der Waals surface area contributed by atoms with E-state index < -0.39 is 0 Å². The van der Waals surface area contributed by atoms with E-state index in [9.17, 15) is 0 Å². The van der Waals surface area contributed by atoms with Gasteiger partial charge in [-0.3, -0.25) is 0 Å². The molecule has 0 atom stereocenters. The maximum Gasteiger partial charge on any atom is 0.156 e. The van der Waals surface area contributed by atoms with Crippen molar-refractivity contribution in [2.45, 2.75) is 31.8 Å². The average molecular weight is 373 g/mol. The maximum atomic E-state index is 6.44. The summed E-state index contributed by atoms with van der Waals surface area (Å²) in [5, 5.41) is 1.35. The van der Waals surface area contributed by atoms with Gasteiger partial charge in [0.2, 0.25) is 0 Å². The van der Waals surface area contributed by atoms with Crippen molar-refractivity contribution in [1.29, 1.82) is 0 Å². The highest BCUT2D eigenvalue weighted by molar-refractivity contribution is 5.87. The number of piperidine rings is 1. The first kappa shape index (κ1) is 16.1. The van der Waals surface area contributed by atoms with Crippen LogP contribution in [0.2, 0.25) is 0 Å². The van der Waals surface area contributed by atoms with Crippen LogP contribution in [0.1, 0.15) is 29.9 Å². The number of nitrogens with zero attached hydrogens (tertiary/aromatic N) is 3. The Hall–Kier alpha value is -2.86. The molecule has 1 aromatic carbocycles. The van der Waals surface area contributed by atoms with Crippen LogP contribution in [0.3, 0.4) is 0 Å². The number of aryl methyl sites for hydroxylation is 1. The van der Waals surface area contributed by atoms with E-state index in [-0.39, 0.29) is 5.60 Å². The van der Waals surface area contributed by atoms with Crippen molar-refractivity contribution in [2.75, 3.05) is 24.6 Å². The molecule has 2 N–H and O–H groups in total. The highest BCUT2D eigenvalue weighted by Crippen LogP contribution is 2.44. The molecule has 1 spiro atoms. The number of para-hydroxylation sites is 1. The molecule has 6 rings (SSSR count). The molecule has 6 nitrogen and oxygen atoms in total. The summed E-state index contributed by atoms with van der Waals surface area (Å²) < 4.78 is 6.44. The van der Waals surface area contributed by atoms with Crippen molar-refractivity contribution in [3.05, 3.63) is 53.6 Å². The van der Waals surface area contributed by atoms with Gasteiger partial charge in [-0.1, -0.05) is 18.2 Å². The van der Waals surface area contributed by atoms with Crippen molar-refractivity contribution in [1.82, 2.24) is 19.9 Å². The minimum atomic E-state index is -0.208. The highest BCUT2D eigenvalue weighted by atomic mass is 16.5. The Balaban J connectivity index is 1.36. The van der Waals surface area contributed by atoms with Crippen LogP contribution >= 0.6 is 0 Å². The summed E-state index contributed by atoms with van der Waals surface area (Å²) >= 11 is 0. The summed E-state index contributed by atoms with van der Waals surface area (Å²) in [6.07, 6.45) is 4.84. The second-order valence-corrected chi connectivity index (χ2v) is 7.94. The molecule has 0 radical (unpaired) electrons. The minimum Gasteiger partial charge on any atom is -0.368 e. The quantitative estimate of drug-likeness (QED) is 0.532. The zero-order valence-corrected chi connectivity index (χ0v) is 16.0. The molecule has 2 aliphatic rings. The fourth-order valence-electron chi connectivity index (χ4n) is 5.01. The molecule has 0 saturated carbocycles. The number of anilines is 1. The number of rotatable bonds is 1. The van der Waals surface area contributed by atoms with Gasteiger partial charge in [0.15, 0.2) is 5.82 Å². The summed E-state index contributed by atoms with van der Waals surface area (Å²) in [6, 6.07) is 10.6. The lowest BCUT2D eigenvalue weighted by molar-refractivity contribution is -0.0790. The van der Waals surface area contributed by atoms with Gasteiger partial charge in [-0.15, -0.1) is 0 Å². The van der Waals surface area contributed by atoms with E-state index in [4.69, 9.17) is 9.72 Å². The van der Waals surface area contributed by atoms with Gasteiger partial charge in [-0.05, 0) is 43.9 Å². The predicted molar refractivity (Wildman–Crippen MR) is 110 cm³/mol. The largest absolute Gasteiger partial charge is 0.368 e. The average Bonchev–Trinajstić information content (AvgIpc) is 3.33. The normalized spacial score (nSPS) is 18.8. The highest BCUT2D eigenvalue weighted by Gasteiger charge is 2.43. The number of hydrogen-bond acceptors (Lipinski definition) is 4. The van der Waals surface area contributed by atoms with Gasteiger partial charge >= 0.3 is 0 Å². The molecule has 1 fully saturated rings. The van der Waals surface area contributed by atoms with Crippen LogP contribution in [0.5, 0.6) is 0 Å². The molecule has 2 aliphatic heterocycles. The SMILES string of the molecule is Cc1nc(N2CCC3(CC2)OCCc2c3[nH]c3ccccc23)c2[nH]ccc2n1. The fraction of sp³-hybridized carbons (Fsp3) is 0.364. The van der Waals surface area contributed by atoms with Gasteiger partial charge in [0.1, 0.15) is 16.9 Å². The first-order valence-corrected chi connectivity index (χ1v) is 10.0.